The van der Waals surface area contributed by atoms with Gasteiger partial charge in [-0.05, 0) is 30.3 Å². The summed E-state index contributed by atoms with van der Waals surface area (Å²) in [4.78, 5) is 10.9. The lowest BCUT2D eigenvalue weighted by atomic mass is 10.2. The van der Waals surface area contributed by atoms with Crippen molar-refractivity contribution < 1.29 is 9.90 Å². The van der Waals surface area contributed by atoms with E-state index in [1.165, 1.54) is 6.07 Å². The Hall–Kier alpha value is -2.40. The minimum absolute atomic E-state index is 0.0647. The van der Waals surface area contributed by atoms with Gasteiger partial charge < -0.3 is 5.11 Å². The third-order valence-corrected chi connectivity index (χ3v) is 3.09. The van der Waals surface area contributed by atoms with Crippen LogP contribution >= 0.6 is 11.6 Å². The van der Waals surface area contributed by atoms with E-state index in [2.05, 4.69) is 10.3 Å². The Morgan fingerprint density at radius 3 is 2.74 bits per heavy atom. The molecule has 0 atom stereocenters. The number of aromatic nitrogens is 3. The number of rotatable bonds is 2. The molecule has 0 unspecified atom stereocenters. The summed E-state index contributed by atoms with van der Waals surface area (Å²) in [5, 5.41) is 17.2. The summed E-state index contributed by atoms with van der Waals surface area (Å²) in [5.41, 5.74) is 2.33. The number of fused-ring (bicyclic) bond motifs is 1. The standard InChI is InChI=1S/C13H8ClN3O2/c14-10-7-8(5-6-9(10)13(18)19)17-12-4-2-1-3-11(12)15-16-17/h1-7H,(H,18,19). The van der Waals surface area contributed by atoms with E-state index in [-0.39, 0.29) is 10.6 Å². The second-order valence-electron chi connectivity index (χ2n) is 3.96. The summed E-state index contributed by atoms with van der Waals surface area (Å²) in [6, 6.07) is 12.2. The molecular formula is C13H8ClN3O2. The van der Waals surface area contributed by atoms with Crippen molar-refractivity contribution >= 4 is 28.6 Å². The van der Waals surface area contributed by atoms with Gasteiger partial charge in [0.25, 0.3) is 0 Å². The number of carboxylic acids is 1. The monoisotopic (exact) mass is 273 g/mol. The molecule has 19 heavy (non-hydrogen) atoms. The third kappa shape index (κ3) is 1.94. The summed E-state index contributed by atoms with van der Waals surface area (Å²) >= 11 is 5.95. The van der Waals surface area contributed by atoms with Gasteiger partial charge in [-0.1, -0.05) is 28.9 Å². The molecule has 0 amide bonds. The van der Waals surface area contributed by atoms with Crippen LogP contribution in [0.25, 0.3) is 16.7 Å². The van der Waals surface area contributed by atoms with Gasteiger partial charge in [0.1, 0.15) is 5.52 Å². The van der Waals surface area contributed by atoms with Crippen molar-refractivity contribution in [3.8, 4) is 5.69 Å². The molecule has 0 aliphatic rings. The van der Waals surface area contributed by atoms with Crippen LogP contribution in [0.1, 0.15) is 10.4 Å². The summed E-state index contributed by atoms with van der Waals surface area (Å²) in [6.07, 6.45) is 0. The first-order valence-electron chi connectivity index (χ1n) is 5.50. The van der Waals surface area contributed by atoms with Crippen molar-refractivity contribution in [1.82, 2.24) is 15.0 Å². The fourth-order valence-electron chi connectivity index (χ4n) is 1.87. The molecule has 94 valence electrons. The number of para-hydroxylation sites is 1. The molecule has 2 aromatic carbocycles. The largest absolute Gasteiger partial charge is 0.478 e. The van der Waals surface area contributed by atoms with Gasteiger partial charge in [-0.2, -0.15) is 0 Å². The molecule has 1 N–H and O–H groups in total. The highest BCUT2D eigenvalue weighted by molar-refractivity contribution is 6.33. The molecule has 0 aliphatic carbocycles. The average molecular weight is 274 g/mol. The van der Waals surface area contributed by atoms with E-state index < -0.39 is 5.97 Å². The Kier molecular flexibility index (Phi) is 2.68. The van der Waals surface area contributed by atoms with E-state index in [0.29, 0.717) is 5.69 Å². The molecule has 0 fully saturated rings. The molecule has 3 aromatic rings. The lowest BCUT2D eigenvalue weighted by molar-refractivity contribution is 0.0697. The van der Waals surface area contributed by atoms with Crippen LogP contribution in [-0.4, -0.2) is 26.1 Å². The van der Waals surface area contributed by atoms with Gasteiger partial charge in [-0.3, -0.25) is 0 Å². The van der Waals surface area contributed by atoms with Crippen LogP contribution < -0.4 is 0 Å². The molecule has 0 bridgehead atoms. The molecule has 0 saturated carbocycles. The molecule has 1 heterocycles. The van der Waals surface area contributed by atoms with Gasteiger partial charge in [0, 0.05) is 0 Å². The minimum Gasteiger partial charge on any atom is -0.478 e. The minimum atomic E-state index is -1.06. The second-order valence-corrected chi connectivity index (χ2v) is 4.37. The van der Waals surface area contributed by atoms with E-state index in [0.717, 1.165) is 11.0 Å². The highest BCUT2D eigenvalue weighted by Crippen LogP contribution is 2.22. The van der Waals surface area contributed by atoms with Crippen LogP contribution in [-0.2, 0) is 0 Å². The SMILES string of the molecule is O=C(O)c1ccc(-n2nnc3ccccc32)cc1Cl. The highest BCUT2D eigenvalue weighted by Gasteiger charge is 2.11. The summed E-state index contributed by atoms with van der Waals surface area (Å²) < 4.78 is 1.62. The van der Waals surface area contributed by atoms with Crippen LogP contribution in [0.3, 0.4) is 0 Å². The van der Waals surface area contributed by atoms with Gasteiger partial charge in [-0.15, -0.1) is 5.10 Å². The van der Waals surface area contributed by atoms with E-state index >= 15 is 0 Å². The topological polar surface area (TPSA) is 68.0 Å². The van der Waals surface area contributed by atoms with Gasteiger partial charge in [0.05, 0.1) is 21.8 Å². The van der Waals surface area contributed by atoms with Crippen molar-refractivity contribution in [3.05, 3.63) is 53.1 Å². The van der Waals surface area contributed by atoms with Crippen LogP contribution in [0.5, 0.6) is 0 Å². The Morgan fingerprint density at radius 2 is 2.00 bits per heavy atom. The van der Waals surface area contributed by atoms with Crippen LogP contribution in [0.4, 0.5) is 0 Å². The molecule has 0 saturated heterocycles. The average Bonchev–Trinajstić information content (AvgIpc) is 2.82. The second kappa shape index (κ2) is 4.37. The zero-order valence-corrected chi connectivity index (χ0v) is 10.4. The Balaban J connectivity index is 2.17. The maximum atomic E-state index is 10.9. The van der Waals surface area contributed by atoms with E-state index in [9.17, 15) is 4.79 Å². The predicted octanol–water partition coefficient (Wildman–Crippen LogP) is 2.77. The van der Waals surface area contributed by atoms with Crippen molar-refractivity contribution in [2.24, 2.45) is 0 Å². The highest BCUT2D eigenvalue weighted by atomic mass is 35.5. The molecule has 5 nitrogen and oxygen atoms in total. The number of benzene rings is 2. The van der Waals surface area contributed by atoms with Gasteiger partial charge >= 0.3 is 5.97 Å². The molecular weight excluding hydrogens is 266 g/mol. The molecule has 0 radical (unpaired) electrons. The van der Waals surface area contributed by atoms with Crippen molar-refractivity contribution in [1.29, 1.82) is 0 Å². The quantitative estimate of drug-likeness (QED) is 0.779. The third-order valence-electron chi connectivity index (χ3n) is 2.78. The number of carbonyl (C=O) groups is 1. The molecule has 1 aromatic heterocycles. The number of hydrogen-bond donors (Lipinski definition) is 1. The zero-order valence-electron chi connectivity index (χ0n) is 9.62. The summed E-state index contributed by atoms with van der Waals surface area (Å²) in [5.74, 6) is -1.06. The lowest BCUT2D eigenvalue weighted by Gasteiger charge is -2.04. The van der Waals surface area contributed by atoms with Gasteiger partial charge in [0.15, 0.2) is 0 Å². The molecule has 3 rings (SSSR count). The number of nitrogens with zero attached hydrogens (tertiary/aromatic N) is 3. The Labute approximate surface area is 113 Å². The number of carboxylic acid groups (broad SMARTS) is 1. The van der Waals surface area contributed by atoms with Crippen LogP contribution in [0, 0.1) is 0 Å². The van der Waals surface area contributed by atoms with Gasteiger partial charge in [0.2, 0.25) is 0 Å². The van der Waals surface area contributed by atoms with E-state index in [1.807, 2.05) is 24.3 Å². The van der Waals surface area contributed by atoms with Crippen molar-refractivity contribution in [2.75, 3.05) is 0 Å². The Bertz CT molecular complexity index is 782. The molecule has 0 aliphatic heterocycles. The van der Waals surface area contributed by atoms with Gasteiger partial charge in [-0.25, -0.2) is 9.48 Å². The fraction of sp³-hybridized carbons (Fsp3) is 0. The summed E-state index contributed by atoms with van der Waals surface area (Å²) in [7, 11) is 0. The fourth-order valence-corrected chi connectivity index (χ4v) is 2.12. The lowest BCUT2D eigenvalue weighted by Crippen LogP contribution is -2.01. The molecule has 0 spiro atoms. The van der Waals surface area contributed by atoms with E-state index in [1.54, 1.807) is 16.8 Å². The van der Waals surface area contributed by atoms with Crippen molar-refractivity contribution in [3.63, 3.8) is 0 Å². The first-order valence-corrected chi connectivity index (χ1v) is 5.88. The zero-order chi connectivity index (χ0) is 13.4. The number of hydrogen-bond acceptors (Lipinski definition) is 3. The van der Waals surface area contributed by atoms with E-state index in [4.69, 9.17) is 16.7 Å². The normalized spacial score (nSPS) is 10.8. The number of halogens is 1. The first-order chi connectivity index (χ1) is 9.16. The predicted molar refractivity (Wildman–Crippen MR) is 70.8 cm³/mol. The molecule has 6 heteroatoms. The number of aromatic carboxylic acids is 1. The maximum absolute atomic E-state index is 10.9. The Morgan fingerprint density at radius 1 is 1.21 bits per heavy atom. The maximum Gasteiger partial charge on any atom is 0.337 e. The van der Waals surface area contributed by atoms with Crippen LogP contribution in [0.15, 0.2) is 42.5 Å². The van der Waals surface area contributed by atoms with Crippen molar-refractivity contribution in [2.45, 2.75) is 0 Å². The summed E-state index contributed by atoms with van der Waals surface area (Å²) in [6.45, 7) is 0. The van der Waals surface area contributed by atoms with Crippen LogP contribution in [0.2, 0.25) is 5.02 Å². The first kappa shape index (κ1) is 11.7. The smallest absolute Gasteiger partial charge is 0.337 e.